The van der Waals surface area contributed by atoms with Crippen molar-refractivity contribution in [3.63, 3.8) is 0 Å². The number of thiol groups is 2. The van der Waals surface area contributed by atoms with Crippen LogP contribution in [0.4, 0.5) is 0 Å². The van der Waals surface area contributed by atoms with E-state index >= 15 is 0 Å². The van der Waals surface area contributed by atoms with Crippen molar-refractivity contribution in [1.82, 2.24) is 0 Å². The molecular formula is C5H16NOPS2. The number of rotatable bonds is 4. The van der Waals surface area contributed by atoms with Crippen LogP contribution in [0.2, 0.25) is 0 Å². The summed E-state index contributed by atoms with van der Waals surface area (Å²) in [6.07, 6.45) is 0. The zero-order valence-corrected chi connectivity index (χ0v) is 9.45. The summed E-state index contributed by atoms with van der Waals surface area (Å²) in [5.41, 5.74) is 0. The van der Waals surface area contributed by atoms with Crippen molar-refractivity contribution in [2.75, 3.05) is 34.3 Å². The Morgan fingerprint density at radius 3 is 2.10 bits per heavy atom. The Kier molecular flexibility index (Phi) is 5.34. The molecule has 0 aromatic heterocycles. The number of quaternary nitrogens is 1. The van der Waals surface area contributed by atoms with Crippen LogP contribution in [0.1, 0.15) is 0 Å². The van der Waals surface area contributed by atoms with Gasteiger partial charge in [0, 0.05) is 0 Å². The molecular weight excluding hydrogens is 185 g/mol. The number of hydrogen-bond donors (Lipinski definition) is 2. The Balaban J connectivity index is 3.21. The first kappa shape index (κ1) is 11.1. The molecule has 0 bridgehead atoms. The van der Waals surface area contributed by atoms with E-state index in [2.05, 4.69) is 45.6 Å². The molecule has 0 radical (unpaired) electrons. The molecule has 0 rings (SSSR count). The quantitative estimate of drug-likeness (QED) is 0.398. The monoisotopic (exact) mass is 201 g/mol. The van der Waals surface area contributed by atoms with E-state index < -0.39 is 6.55 Å². The molecule has 5 heteroatoms. The number of nitrogens with zero attached hydrogens (tertiary/aromatic N) is 1. The van der Waals surface area contributed by atoms with Crippen LogP contribution in [0.15, 0.2) is 0 Å². The molecule has 0 aromatic carbocycles. The number of likely N-dealkylation sites (N-methyl/N-ethyl adjacent to an activating group) is 1. The van der Waals surface area contributed by atoms with Crippen LogP contribution in [0.5, 0.6) is 0 Å². The van der Waals surface area contributed by atoms with E-state index in [1.807, 2.05) is 0 Å². The van der Waals surface area contributed by atoms with Gasteiger partial charge in [-0.2, -0.15) is 0 Å². The summed E-state index contributed by atoms with van der Waals surface area (Å²) in [6, 6.07) is 0. The van der Waals surface area contributed by atoms with E-state index in [0.717, 1.165) is 17.6 Å². The summed E-state index contributed by atoms with van der Waals surface area (Å²) in [5, 5.41) is 0. The fourth-order valence-corrected chi connectivity index (χ4v) is 1.23. The summed E-state index contributed by atoms with van der Waals surface area (Å²) in [4.78, 5) is 0. The van der Waals surface area contributed by atoms with E-state index in [1.165, 1.54) is 0 Å². The van der Waals surface area contributed by atoms with Gasteiger partial charge in [-0.1, -0.05) is 0 Å². The van der Waals surface area contributed by atoms with E-state index in [4.69, 9.17) is 4.52 Å². The van der Waals surface area contributed by atoms with Gasteiger partial charge in [-0.3, -0.25) is 0 Å². The Morgan fingerprint density at radius 2 is 1.80 bits per heavy atom. The standard InChI is InChI=1S/C5H16NOPS2/c1-6(2,3)4-5-7-8(9)10/h8-10H,4-5H2,1-3H3. The van der Waals surface area contributed by atoms with Crippen molar-refractivity contribution in [3.05, 3.63) is 0 Å². The summed E-state index contributed by atoms with van der Waals surface area (Å²) in [7, 11) is 6.40. The molecule has 10 heavy (non-hydrogen) atoms. The van der Waals surface area contributed by atoms with Crippen molar-refractivity contribution in [1.29, 1.82) is 0 Å². The third kappa shape index (κ3) is 9.05. The summed E-state index contributed by atoms with van der Waals surface area (Å²) in [5.74, 6) is 0. The molecule has 0 saturated carbocycles. The molecule has 0 fully saturated rings. The first-order chi connectivity index (χ1) is 4.42. The van der Waals surface area contributed by atoms with Gasteiger partial charge in [-0.05, 0) is 0 Å². The van der Waals surface area contributed by atoms with E-state index in [1.54, 1.807) is 0 Å². The third-order valence-electron chi connectivity index (χ3n) is 0.993. The minimum atomic E-state index is -1.08. The molecule has 0 aromatic rings. The van der Waals surface area contributed by atoms with Crippen LogP contribution < -0.4 is 0 Å². The van der Waals surface area contributed by atoms with Crippen molar-refractivity contribution in [2.24, 2.45) is 0 Å². The van der Waals surface area contributed by atoms with Gasteiger partial charge >= 0.3 is 74.4 Å². The second kappa shape index (κ2) is 4.83. The fraction of sp³-hybridized carbons (Fsp3) is 1.00. The molecule has 0 unspecified atom stereocenters. The molecule has 0 aliphatic carbocycles. The Bertz CT molecular complexity index is 94.1. The first-order valence-corrected chi connectivity index (χ1v) is 7.08. The van der Waals surface area contributed by atoms with Gasteiger partial charge in [0.15, 0.2) is 0 Å². The van der Waals surface area contributed by atoms with Gasteiger partial charge < -0.3 is 0 Å². The Morgan fingerprint density at radius 1 is 1.30 bits per heavy atom. The molecule has 0 atom stereocenters. The molecule has 64 valence electrons. The van der Waals surface area contributed by atoms with Gasteiger partial charge in [0.1, 0.15) is 0 Å². The molecule has 2 nitrogen and oxygen atoms in total. The number of hydrogen-bond acceptors (Lipinski definition) is 3. The molecule has 0 spiro atoms. The van der Waals surface area contributed by atoms with E-state index in [0.29, 0.717) is 0 Å². The van der Waals surface area contributed by atoms with Crippen LogP contribution in [0.25, 0.3) is 0 Å². The molecule has 0 aliphatic rings. The van der Waals surface area contributed by atoms with Gasteiger partial charge in [-0.15, -0.1) is 0 Å². The summed E-state index contributed by atoms with van der Waals surface area (Å²) < 4.78 is 6.16. The summed E-state index contributed by atoms with van der Waals surface area (Å²) >= 11 is 8.13. The fourth-order valence-electron chi connectivity index (χ4n) is 0.411. The van der Waals surface area contributed by atoms with E-state index in [-0.39, 0.29) is 0 Å². The van der Waals surface area contributed by atoms with Crippen LogP contribution in [0.3, 0.4) is 0 Å². The third-order valence-corrected chi connectivity index (χ3v) is 2.23. The minimum absolute atomic E-state index is 0.755. The second-order valence-electron chi connectivity index (χ2n) is 3.14. The predicted molar refractivity (Wildman–Crippen MR) is 55.1 cm³/mol. The van der Waals surface area contributed by atoms with Crippen molar-refractivity contribution < 1.29 is 9.01 Å². The maximum absolute atomic E-state index is 5.23. The van der Waals surface area contributed by atoms with E-state index in [9.17, 15) is 0 Å². The van der Waals surface area contributed by atoms with Crippen LogP contribution >= 0.6 is 31.0 Å². The van der Waals surface area contributed by atoms with Crippen molar-refractivity contribution in [2.45, 2.75) is 0 Å². The Hall–Kier alpha value is 1.05. The SMILES string of the molecule is C[N+](C)(C)CCO[PH-](S)S. The first-order valence-electron chi connectivity index (χ1n) is 3.10. The molecule has 0 amide bonds. The Labute approximate surface area is 74.7 Å². The van der Waals surface area contributed by atoms with Gasteiger partial charge in [0.25, 0.3) is 0 Å². The van der Waals surface area contributed by atoms with Crippen LogP contribution in [-0.4, -0.2) is 38.8 Å². The predicted octanol–water partition coefficient (Wildman–Crippen LogP) is 1.53. The average Bonchev–Trinajstić information content (AvgIpc) is 1.59. The molecule has 0 heterocycles. The zero-order chi connectivity index (χ0) is 8.20. The normalized spacial score (nSPS) is 13.5. The summed E-state index contributed by atoms with van der Waals surface area (Å²) in [6.45, 7) is 0.686. The average molecular weight is 201 g/mol. The van der Waals surface area contributed by atoms with Crippen LogP contribution in [0, 0.1) is 0 Å². The zero-order valence-electron chi connectivity index (χ0n) is 6.66. The maximum atomic E-state index is 5.23. The van der Waals surface area contributed by atoms with Crippen molar-refractivity contribution in [3.8, 4) is 0 Å². The molecule has 0 saturated heterocycles. The topological polar surface area (TPSA) is 9.23 Å². The van der Waals surface area contributed by atoms with Gasteiger partial charge in [-0.25, -0.2) is 0 Å². The van der Waals surface area contributed by atoms with Gasteiger partial charge in [0.05, 0.1) is 0 Å². The molecule has 0 aliphatic heterocycles. The molecule has 0 N–H and O–H groups in total. The van der Waals surface area contributed by atoms with Gasteiger partial charge in [0.2, 0.25) is 0 Å². The second-order valence-corrected chi connectivity index (χ2v) is 7.49. The van der Waals surface area contributed by atoms with Crippen molar-refractivity contribution >= 4 is 31.0 Å². The van der Waals surface area contributed by atoms with Crippen LogP contribution in [-0.2, 0) is 4.52 Å².